The highest BCUT2D eigenvalue weighted by Gasteiger charge is 2.39. The third-order valence-corrected chi connectivity index (χ3v) is 1.74. The summed E-state index contributed by atoms with van der Waals surface area (Å²) in [6.45, 7) is 0. The number of aromatic nitrogens is 1. The van der Waals surface area contributed by atoms with Crippen LogP contribution < -0.4 is 0 Å². The van der Waals surface area contributed by atoms with Crippen LogP contribution in [0, 0.1) is 0 Å². The second-order valence-corrected chi connectivity index (χ2v) is 2.90. The molecule has 0 amide bonds. The fourth-order valence-corrected chi connectivity index (χ4v) is 1.03. The highest BCUT2D eigenvalue weighted by atomic mass is 19.4. The molecule has 0 spiro atoms. The van der Waals surface area contributed by atoms with Gasteiger partial charge in [-0.15, -0.1) is 0 Å². The van der Waals surface area contributed by atoms with Gasteiger partial charge >= 0.3 is 12.1 Å². The minimum absolute atomic E-state index is 0.192. The predicted octanol–water partition coefficient (Wildman–Crippen LogP) is 2.44. The Kier molecular flexibility index (Phi) is 3.21. The number of halogens is 5. The van der Waals surface area contributed by atoms with E-state index in [1.807, 2.05) is 0 Å². The van der Waals surface area contributed by atoms with Crippen LogP contribution in [0.15, 0.2) is 6.07 Å². The highest BCUT2D eigenvalue weighted by molar-refractivity contribution is 5.86. The Hall–Kier alpha value is -1.93. The number of carboxylic acid groups (broad SMARTS) is 1. The maximum absolute atomic E-state index is 12.3. The number of alkyl halides is 5. The van der Waals surface area contributed by atoms with Crippen LogP contribution in [-0.4, -0.2) is 21.2 Å². The Morgan fingerprint density at radius 1 is 1.35 bits per heavy atom. The molecule has 0 aliphatic heterocycles. The Labute approximate surface area is 90.3 Å². The molecule has 2 N–H and O–H groups in total. The van der Waals surface area contributed by atoms with Gasteiger partial charge in [-0.1, -0.05) is 0 Å². The van der Waals surface area contributed by atoms with Crippen molar-refractivity contribution < 1.29 is 37.0 Å². The second-order valence-electron chi connectivity index (χ2n) is 2.90. The van der Waals surface area contributed by atoms with Crippen LogP contribution in [0.5, 0.6) is 5.75 Å². The highest BCUT2D eigenvalue weighted by Crippen LogP contribution is 2.39. The molecule has 0 aromatic carbocycles. The van der Waals surface area contributed by atoms with Gasteiger partial charge in [-0.05, 0) is 6.07 Å². The molecule has 1 heterocycles. The summed E-state index contributed by atoms with van der Waals surface area (Å²) in [7, 11) is 0. The molecule has 0 saturated heterocycles. The van der Waals surface area contributed by atoms with Gasteiger partial charge in [-0.2, -0.15) is 13.2 Å². The molecule has 1 aromatic heterocycles. The van der Waals surface area contributed by atoms with Crippen LogP contribution in [-0.2, 0) is 6.18 Å². The van der Waals surface area contributed by atoms with Crippen LogP contribution in [0.2, 0.25) is 0 Å². The number of carbonyl (C=O) groups is 1. The number of carboxylic acids is 1. The number of pyridine rings is 1. The molecule has 0 unspecified atom stereocenters. The van der Waals surface area contributed by atoms with E-state index in [4.69, 9.17) is 10.2 Å². The number of aromatic carboxylic acids is 1. The van der Waals surface area contributed by atoms with Crippen molar-refractivity contribution in [3.8, 4) is 5.75 Å². The fourth-order valence-electron chi connectivity index (χ4n) is 1.03. The quantitative estimate of drug-likeness (QED) is 0.798. The molecule has 94 valence electrons. The number of hydrogen-bond acceptors (Lipinski definition) is 3. The third kappa shape index (κ3) is 2.60. The standard InChI is InChI=1S/C8H4F5NO3/c9-6(10)2-1-3(7(16)17)14-5(4(2)15)8(11,12)13/h1,6,15H,(H,16,17). The fraction of sp³-hybridized carbons (Fsp3) is 0.250. The molecular formula is C8H4F5NO3. The van der Waals surface area contributed by atoms with Crippen molar-refractivity contribution in [3.05, 3.63) is 23.0 Å². The van der Waals surface area contributed by atoms with Crippen LogP contribution >= 0.6 is 0 Å². The number of nitrogens with zero attached hydrogens (tertiary/aromatic N) is 1. The summed E-state index contributed by atoms with van der Waals surface area (Å²) in [5.41, 5.74) is -4.69. The molecule has 4 nitrogen and oxygen atoms in total. The molecule has 0 radical (unpaired) electrons. The lowest BCUT2D eigenvalue weighted by Gasteiger charge is -2.12. The first kappa shape index (κ1) is 13.1. The lowest BCUT2D eigenvalue weighted by Crippen LogP contribution is -2.14. The lowest BCUT2D eigenvalue weighted by atomic mass is 10.1. The van der Waals surface area contributed by atoms with Crippen LogP contribution in [0.1, 0.15) is 28.2 Å². The molecule has 0 atom stereocenters. The second kappa shape index (κ2) is 4.15. The summed E-state index contributed by atoms with van der Waals surface area (Å²) in [5, 5.41) is 17.4. The van der Waals surface area contributed by atoms with E-state index >= 15 is 0 Å². The number of hydrogen-bond donors (Lipinski definition) is 2. The van der Waals surface area contributed by atoms with E-state index in [2.05, 4.69) is 4.98 Å². The molecule has 0 bridgehead atoms. The number of rotatable bonds is 2. The molecule has 17 heavy (non-hydrogen) atoms. The zero-order chi connectivity index (χ0) is 13.4. The molecule has 1 aromatic rings. The van der Waals surface area contributed by atoms with E-state index in [0.717, 1.165) is 0 Å². The van der Waals surface area contributed by atoms with Crippen LogP contribution in [0.25, 0.3) is 0 Å². The van der Waals surface area contributed by atoms with E-state index in [0.29, 0.717) is 0 Å². The van der Waals surface area contributed by atoms with Crippen molar-refractivity contribution in [1.82, 2.24) is 4.98 Å². The monoisotopic (exact) mass is 257 g/mol. The maximum atomic E-state index is 12.3. The first-order valence-electron chi connectivity index (χ1n) is 3.97. The summed E-state index contributed by atoms with van der Waals surface area (Å²) in [5.74, 6) is -3.67. The zero-order valence-corrected chi connectivity index (χ0v) is 7.79. The minimum Gasteiger partial charge on any atom is -0.505 e. The Bertz CT molecular complexity index is 457. The van der Waals surface area contributed by atoms with E-state index in [1.165, 1.54) is 0 Å². The topological polar surface area (TPSA) is 70.4 Å². The Morgan fingerprint density at radius 2 is 1.88 bits per heavy atom. The molecule has 0 fully saturated rings. The molecule has 0 saturated carbocycles. The summed E-state index contributed by atoms with van der Waals surface area (Å²) < 4.78 is 61.4. The normalized spacial score (nSPS) is 11.9. The van der Waals surface area contributed by atoms with Crippen molar-refractivity contribution in [2.75, 3.05) is 0 Å². The molecule has 0 aliphatic rings. The molecule has 9 heteroatoms. The Morgan fingerprint density at radius 3 is 2.24 bits per heavy atom. The van der Waals surface area contributed by atoms with Crippen molar-refractivity contribution >= 4 is 5.97 Å². The average Bonchev–Trinajstić information content (AvgIpc) is 2.15. The predicted molar refractivity (Wildman–Crippen MR) is 42.8 cm³/mol. The SMILES string of the molecule is O=C(O)c1cc(C(F)F)c(O)c(C(F)(F)F)n1. The summed E-state index contributed by atoms with van der Waals surface area (Å²) >= 11 is 0. The largest absolute Gasteiger partial charge is 0.505 e. The van der Waals surface area contributed by atoms with Gasteiger partial charge in [0, 0.05) is 0 Å². The van der Waals surface area contributed by atoms with E-state index in [-0.39, 0.29) is 6.07 Å². The van der Waals surface area contributed by atoms with Gasteiger partial charge in [-0.3, -0.25) is 0 Å². The van der Waals surface area contributed by atoms with Crippen LogP contribution in [0.3, 0.4) is 0 Å². The van der Waals surface area contributed by atoms with E-state index < -0.39 is 41.3 Å². The third-order valence-electron chi connectivity index (χ3n) is 1.74. The summed E-state index contributed by atoms with van der Waals surface area (Å²) in [6, 6.07) is 0.192. The Balaban J connectivity index is 3.55. The average molecular weight is 257 g/mol. The van der Waals surface area contributed by atoms with Gasteiger partial charge in [0.1, 0.15) is 5.69 Å². The number of aromatic hydroxyl groups is 1. The van der Waals surface area contributed by atoms with Gasteiger partial charge < -0.3 is 10.2 Å². The summed E-state index contributed by atoms with van der Waals surface area (Å²) in [6.07, 6.45) is -8.67. The van der Waals surface area contributed by atoms with Crippen molar-refractivity contribution in [2.45, 2.75) is 12.6 Å². The lowest BCUT2D eigenvalue weighted by molar-refractivity contribution is -0.142. The summed E-state index contributed by atoms with van der Waals surface area (Å²) in [4.78, 5) is 13.0. The molecular weight excluding hydrogens is 253 g/mol. The molecule has 1 rings (SSSR count). The van der Waals surface area contributed by atoms with Gasteiger partial charge in [0.2, 0.25) is 0 Å². The smallest absolute Gasteiger partial charge is 0.437 e. The van der Waals surface area contributed by atoms with Gasteiger partial charge in [0.25, 0.3) is 6.43 Å². The first-order chi connectivity index (χ1) is 7.64. The first-order valence-corrected chi connectivity index (χ1v) is 3.97. The van der Waals surface area contributed by atoms with Gasteiger partial charge in [0.15, 0.2) is 11.4 Å². The maximum Gasteiger partial charge on any atom is 0.437 e. The van der Waals surface area contributed by atoms with E-state index in [1.54, 1.807) is 0 Å². The van der Waals surface area contributed by atoms with E-state index in [9.17, 15) is 26.7 Å². The minimum atomic E-state index is -5.22. The van der Waals surface area contributed by atoms with Gasteiger partial charge in [0.05, 0.1) is 5.56 Å². The van der Waals surface area contributed by atoms with Crippen LogP contribution in [0.4, 0.5) is 22.0 Å². The van der Waals surface area contributed by atoms with Crippen molar-refractivity contribution in [1.29, 1.82) is 0 Å². The molecule has 0 aliphatic carbocycles. The zero-order valence-electron chi connectivity index (χ0n) is 7.79. The van der Waals surface area contributed by atoms with Gasteiger partial charge in [-0.25, -0.2) is 18.6 Å². The van der Waals surface area contributed by atoms with Crippen molar-refractivity contribution in [2.24, 2.45) is 0 Å². The van der Waals surface area contributed by atoms with Crippen molar-refractivity contribution in [3.63, 3.8) is 0 Å².